The van der Waals surface area contributed by atoms with Gasteiger partial charge < -0.3 is 9.94 Å². The first-order valence-corrected chi connectivity index (χ1v) is 4.26. The number of oxime groups is 1. The third-order valence-electron chi connectivity index (χ3n) is 2.17. The molecule has 0 unspecified atom stereocenters. The van der Waals surface area contributed by atoms with Crippen molar-refractivity contribution >= 4 is 6.21 Å². The summed E-state index contributed by atoms with van der Waals surface area (Å²) in [5.41, 5.74) is 1.22. The molecule has 0 radical (unpaired) electrons. The number of hydrogen-bond donors (Lipinski definition) is 1. The quantitative estimate of drug-likeness (QED) is 0.403. The summed E-state index contributed by atoms with van der Waals surface area (Å²) in [4.78, 5) is 0. The fraction of sp³-hybridized carbons (Fsp3) is 0.500. The standard InChI is InChI=1S/C10H15NO2/c1-8-9(5-4-6-11-12)10(2,3)7-13-8/h4-6,12H,7H2,1-3H3/b5-4-,11-6+. The lowest BCUT2D eigenvalue weighted by Gasteiger charge is -2.16. The Kier molecular flexibility index (Phi) is 2.76. The Morgan fingerprint density at radius 2 is 2.23 bits per heavy atom. The van der Waals surface area contributed by atoms with Crippen LogP contribution in [0.1, 0.15) is 20.8 Å². The Hall–Kier alpha value is -1.25. The van der Waals surface area contributed by atoms with Gasteiger partial charge in [-0.2, -0.15) is 0 Å². The van der Waals surface area contributed by atoms with Crippen LogP contribution < -0.4 is 0 Å². The molecule has 0 aliphatic carbocycles. The molecule has 0 aromatic rings. The molecule has 0 fully saturated rings. The highest BCUT2D eigenvalue weighted by Gasteiger charge is 2.30. The van der Waals surface area contributed by atoms with Crippen molar-refractivity contribution in [3.05, 3.63) is 23.5 Å². The van der Waals surface area contributed by atoms with E-state index in [4.69, 9.17) is 9.94 Å². The molecule has 0 saturated carbocycles. The van der Waals surface area contributed by atoms with E-state index in [0.29, 0.717) is 0 Å². The average molecular weight is 181 g/mol. The molecule has 1 rings (SSSR count). The van der Waals surface area contributed by atoms with Gasteiger partial charge in [0.05, 0.1) is 18.6 Å². The highest BCUT2D eigenvalue weighted by Crippen LogP contribution is 2.36. The van der Waals surface area contributed by atoms with Crippen molar-refractivity contribution in [2.24, 2.45) is 10.6 Å². The second kappa shape index (κ2) is 3.64. The van der Waals surface area contributed by atoms with Crippen LogP contribution in [0, 0.1) is 5.41 Å². The van der Waals surface area contributed by atoms with Gasteiger partial charge in [0.15, 0.2) is 0 Å². The van der Waals surface area contributed by atoms with E-state index >= 15 is 0 Å². The van der Waals surface area contributed by atoms with E-state index < -0.39 is 0 Å². The highest BCUT2D eigenvalue weighted by atomic mass is 16.5. The summed E-state index contributed by atoms with van der Waals surface area (Å²) < 4.78 is 5.43. The van der Waals surface area contributed by atoms with Crippen LogP contribution in [0.25, 0.3) is 0 Å². The number of nitrogens with zero attached hydrogens (tertiary/aromatic N) is 1. The van der Waals surface area contributed by atoms with Gasteiger partial charge in [0.2, 0.25) is 0 Å². The summed E-state index contributed by atoms with van der Waals surface area (Å²) in [6.07, 6.45) is 4.96. The maximum absolute atomic E-state index is 8.21. The summed E-state index contributed by atoms with van der Waals surface area (Å²) in [5.74, 6) is 0.951. The molecule has 3 heteroatoms. The Morgan fingerprint density at radius 3 is 2.69 bits per heavy atom. The molecule has 0 spiro atoms. The second-order valence-corrected chi connectivity index (χ2v) is 3.77. The normalized spacial score (nSPS) is 21.8. The first-order chi connectivity index (χ1) is 6.08. The van der Waals surface area contributed by atoms with Gasteiger partial charge in [-0.05, 0) is 18.6 Å². The second-order valence-electron chi connectivity index (χ2n) is 3.77. The maximum Gasteiger partial charge on any atom is 0.0969 e. The minimum absolute atomic E-state index is 0.0594. The molecular formula is C10H15NO2. The van der Waals surface area contributed by atoms with E-state index in [1.807, 2.05) is 13.0 Å². The van der Waals surface area contributed by atoms with Crippen molar-refractivity contribution in [3.8, 4) is 0 Å². The van der Waals surface area contributed by atoms with Crippen LogP contribution in [0.4, 0.5) is 0 Å². The van der Waals surface area contributed by atoms with Crippen LogP contribution in [0.15, 0.2) is 28.6 Å². The molecule has 72 valence electrons. The van der Waals surface area contributed by atoms with Gasteiger partial charge >= 0.3 is 0 Å². The summed E-state index contributed by atoms with van der Waals surface area (Å²) in [5, 5.41) is 11.1. The highest BCUT2D eigenvalue weighted by molar-refractivity contribution is 5.71. The SMILES string of the molecule is CC1=C(/C=C\C=N\O)C(C)(C)CO1. The van der Waals surface area contributed by atoms with E-state index in [-0.39, 0.29) is 5.41 Å². The lowest BCUT2D eigenvalue weighted by atomic mass is 9.86. The van der Waals surface area contributed by atoms with Crippen molar-refractivity contribution < 1.29 is 9.94 Å². The molecule has 1 N–H and O–H groups in total. The van der Waals surface area contributed by atoms with Gasteiger partial charge in [-0.1, -0.05) is 25.1 Å². The molecule has 0 aromatic heterocycles. The maximum atomic E-state index is 8.21. The third kappa shape index (κ3) is 2.11. The number of ether oxygens (including phenoxy) is 1. The molecule has 3 nitrogen and oxygen atoms in total. The monoisotopic (exact) mass is 181 g/mol. The molecule has 0 bridgehead atoms. The molecule has 1 heterocycles. The lowest BCUT2D eigenvalue weighted by Crippen LogP contribution is -2.13. The third-order valence-corrected chi connectivity index (χ3v) is 2.17. The van der Waals surface area contributed by atoms with Crippen LogP contribution >= 0.6 is 0 Å². The van der Waals surface area contributed by atoms with Crippen LogP contribution in [0.5, 0.6) is 0 Å². The zero-order valence-electron chi connectivity index (χ0n) is 8.24. The van der Waals surface area contributed by atoms with Gasteiger partial charge in [0.25, 0.3) is 0 Å². The molecule has 1 aliphatic heterocycles. The van der Waals surface area contributed by atoms with Crippen molar-refractivity contribution in [1.82, 2.24) is 0 Å². The summed E-state index contributed by atoms with van der Waals surface area (Å²) in [7, 11) is 0. The van der Waals surface area contributed by atoms with Gasteiger partial charge in [-0.15, -0.1) is 0 Å². The zero-order chi connectivity index (χ0) is 9.90. The molecule has 0 atom stereocenters. The summed E-state index contributed by atoms with van der Waals surface area (Å²) >= 11 is 0. The summed E-state index contributed by atoms with van der Waals surface area (Å²) in [6.45, 7) is 6.91. The largest absolute Gasteiger partial charge is 0.497 e. The van der Waals surface area contributed by atoms with Crippen LogP contribution in [0.3, 0.4) is 0 Å². The van der Waals surface area contributed by atoms with Crippen molar-refractivity contribution in [2.45, 2.75) is 20.8 Å². The smallest absolute Gasteiger partial charge is 0.0969 e. The van der Waals surface area contributed by atoms with Crippen LogP contribution in [-0.4, -0.2) is 18.0 Å². The minimum Gasteiger partial charge on any atom is -0.497 e. The Labute approximate surface area is 78.4 Å². The van der Waals surface area contributed by atoms with Gasteiger partial charge in [-0.3, -0.25) is 0 Å². The molecule has 0 aromatic carbocycles. The van der Waals surface area contributed by atoms with E-state index in [0.717, 1.165) is 17.9 Å². The first-order valence-electron chi connectivity index (χ1n) is 4.26. The van der Waals surface area contributed by atoms with E-state index in [1.165, 1.54) is 6.21 Å². The van der Waals surface area contributed by atoms with Gasteiger partial charge in [-0.25, -0.2) is 0 Å². The number of rotatable bonds is 2. The van der Waals surface area contributed by atoms with Gasteiger partial charge in [0, 0.05) is 5.41 Å². The Bertz CT molecular complexity index is 275. The van der Waals surface area contributed by atoms with Crippen molar-refractivity contribution in [1.29, 1.82) is 0 Å². The first kappa shape index (κ1) is 9.84. The molecule has 0 saturated heterocycles. The van der Waals surface area contributed by atoms with Crippen molar-refractivity contribution in [3.63, 3.8) is 0 Å². The zero-order valence-corrected chi connectivity index (χ0v) is 8.24. The predicted octanol–water partition coefficient (Wildman–Crippen LogP) is 2.33. The van der Waals surface area contributed by atoms with E-state index in [9.17, 15) is 0 Å². The summed E-state index contributed by atoms with van der Waals surface area (Å²) in [6, 6.07) is 0. The van der Waals surface area contributed by atoms with Gasteiger partial charge in [0.1, 0.15) is 0 Å². The van der Waals surface area contributed by atoms with Crippen LogP contribution in [-0.2, 0) is 4.74 Å². The van der Waals surface area contributed by atoms with Crippen LogP contribution in [0.2, 0.25) is 0 Å². The fourth-order valence-corrected chi connectivity index (χ4v) is 1.44. The van der Waals surface area contributed by atoms with Crippen molar-refractivity contribution in [2.75, 3.05) is 6.61 Å². The number of allylic oxidation sites excluding steroid dienone is 3. The van der Waals surface area contributed by atoms with E-state index in [1.54, 1.807) is 6.08 Å². The fourth-order valence-electron chi connectivity index (χ4n) is 1.44. The number of hydrogen-bond acceptors (Lipinski definition) is 3. The topological polar surface area (TPSA) is 41.8 Å². The molecule has 1 aliphatic rings. The molecular weight excluding hydrogens is 166 g/mol. The molecule has 0 amide bonds. The lowest BCUT2D eigenvalue weighted by molar-refractivity contribution is 0.186. The predicted molar refractivity (Wildman–Crippen MR) is 51.9 cm³/mol. The average Bonchev–Trinajstić information content (AvgIpc) is 2.31. The molecule has 13 heavy (non-hydrogen) atoms. The minimum atomic E-state index is 0.0594. The van der Waals surface area contributed by atoms with E-state index in [2.05, 4.69) is 19.0 Å². The Balaban J connectivity index is 2.82. The Morgan fingerprint density at radius 1 is 1.54 bits per heavy atom.